The van der Waals surface area contributed by atoms with E-state index < -0.39 is 16.6 Å². The highest BCUT2D eigenvalue weighted by molar-refractivity contribution is 8.00. The number of hydrogen-bond acceptors (Lipinski definition) is 6. The number of amides is 2. The fourth-order valence-electron chi connectivity index (χ4n) is 4.22. The van der Waals surface area contributed by atoms with Crippen LogP contribution in [0.5, 0.6) is 5.75 Å². The van der Waals surface area contributed by atoms with E-state index in [9.17, 15) is 14.0 Å². The van der Waals surface area contributed by atoms with Crippen LogP contribution < -0.4 is 15.0 Å². The van der Waals surface area contributed by atoms with Crippen LogP contribution in [0.1, 0.15) is 46.0 Å². The van der Waals surface area contributed by atoms with Crippen LogP contribution in [0.15, 0.2) is 84.0 Å². The lowest BCUT2D eigenvalue weighted by Gasteiger charge is -2.27. The van der Waals surface area contributed by atoms with Crippen LogP contribution in [0, 0.1) is 5.82 Å². The number of para-hydroxylation sites is 1. The van der Waals surface area contributed by atoms with Gasteiger partial charge in [-0.2, -0.15) is 0 Å². The Morgan fingerprint density at radius 1 is 1.00 bits per heavy atom. The number of thioether (sulfide) groups is 1. The van der Waals surface area contributed by atoms with Crippen molar-refractivity contribution in [2.24, 2.45) is 0 Å². The predicted octanol–water partition coefficient (Wildman–Crippen LogP) is 5.98. The monoisotopic (exact) mass is 589 g/mol. The van der Waals surface area contributed by atoms with Crippen molar-refractivity contribution in [2.45, 2.75) is 63.6 Å². The van der Waals surface area contributed by atoms with Gasteiger partial charge in [-0.3, -0.25) is 14.2 Å². The molecule has 1 N–H and O–H groups in total. The van der Waals surface area contributed by atoms with Crippen molar-refractivity contribution in [1.29, 1.82) is 0 Å². The minimum atomic E-state index is -0.653. The van der Waals surface area contributed by atoms with Crippen molar-refractivity contribution in [1.82, 2.24) is 20.1 Å². The van der Waals surface area contributed by atoms with Crippen molar-refractivity contribution < 1.29 is 18.7 Å². The van der Waals surface area contributed by atoms with E-state index in [-0.39, 0.29) is 25.0 Å². The topological polar surface area (TPSA) is 89.4 Å². The van der Waals surface area contributed by atoms with Crippen LogP contribution in [0.4, 0.5) is 10.1 Å². The first-order valence-corrected chi connectivity index (χ1v) is 14.7. The Bertz CT molecular complexity index is 1490. The van der Waals surface area contributed by atoms with Crippen molar-refractivity contribution in [3.05, 3.63) is 96.1 Å². The third-order valence-corrected chi connectivity index (χ3v) is 7.29. The van der Waals surface area contributed by atoms with Crippen LogP contribution in [-0.2, 0) is 22.6 Å². The van der Waals surface area contributed by atoms with E-state index >= 15 is 0 Å². The fourth-order valence-corrected chi connectivity index (χ4v) is 5.17. The zero-order valence-electron chi connectivity index (χ0n) is 24.5. The molecule has 4 rings (SSSR count). The Labute approximate surface area is 250 Å². The number of carbonyl (C=O) groups is 2. The molecule has 0 bridgehead atoms. The third-order valence-electron chi connectivity index (χ3n) is 6.26. The summed E-state index contributed by atoms with van der Waals surface area (Å²) >= 11 is 1.22. The molecule has 0 saturated carbocycles. The number of halogens is 1. The van der Waals surface area contributed by atoms with E-state index in [4.69, 9.17) is 4.74 Å². The smallest absolute Gasteiger partial charge is 0.240 e. The normalized spacial score (nSPS) is 12.0. The number of anilines is 1. The highest BCUT2D eigenvalue weighted by Crippen LogP contribution is 2.29. The van der Waals surface area contributed by atoms with Gasteiger partial charge in [0, 0.05) is 16.9 Å². The number of benzene rings is 3. The van der Waals surface area contributed by atoms with Gasteiger partial charge in [-0.15, -0.1) is 10.2 Å². The molecule has 0 radical (unpaired) electrons. The fraction of sp³-hybridized carbons (Fsp3) is 0.312. The number of aryl methyl sites for hydroxylation is 1. The average molecular weight is 590 g/mol. The van der Waals surface area contributed by atoms with Gasteiger partial charge in [0.05, 0.1) is 5.25 Å². The summed E-state index contributed by atoms with van der Waals surface area (Å²) in [7, 11) is 0. The molecule has 0 spiro atoms. The Hall–Kier alpha value is -4.18. The quantitative estimate of drug-likeness (QED) is 0.217. The molecule has 42 heavy (non-hydrogen) atoms. The lowest BCUT2D eigenvalue weighted by Crippen LogP contribution is -2.48. The number of rotatable bonds is 11. The first kappa shape index (κ1) is 30.8. The highest BCUT2D eigenvalue weighted by Gasteiger charge is 2.28. The molecule has 220 valence electrons. The van der Waals surface area contributed by atoms with Gasteiger partial charge in [0.2, 0.25) is 11.8 Å². The molecule has 3 aromatic carbocycles. The predicted molar refractivity (Wildman–Crippen MR) is 163 cm³/mol. The lowest BCUT2D eigenvalue weighted by molar-refractivity contribution is -0.124. The van der Waals surface area contributed by atoms with E-state index in [1.54, 1.807) is 6.92 Å². The maximum absolute atomic E-state index is 13.8. The van der Waals surface area contributed by atoms with Crippen LogP contribution in [0.25, 0.3) is 5.69 Å². The van der Waals surface area contributed by atoms with Crippen LogP contribution in [0.3, 0.4) is 0 Å². The summed E-state index contributed by atoms with van der Waals surface area (Å²) in [6.45, 7) is 9.41. The Balaban J connectivity index is 1.58. The van der Waals surface area contributed by atoms with E-state index in [1.165, 1.54) is 46.5 Å². The van der Waals surface area contributed by atoms with Crippen molar-refractivity contribution >= 4 is 29.3 Å². The number of carbonyl (C=O) groups excluding carboxylic acids is 2. The minimum Gasteiger partial charge on any atom is -0.486 e. The summed E-state index contributed by atoms with van der Waals surface area (Å²) in [4.78, 5) is 28.0. The molecule has 0 unspecified atom stereocenters. The Morgan fingerprint density at radius 3 is 2.29 bits per heavy atom. The molecule has 10 heteroatoms. The molecule has 0 aliphatic heterocycles. The van der Waals surface area contributed by atoms with Crippen molar-refractivity contribution in [2.75, 3.05) is 11.4 Å². The summed E-state index contributed by atoms with van der Waals surface area (Å²) in [6, 6.07) is 23.0. The molecule has 0 aliphatic carbocycles. The van der Waals surface area contributed by atoms with Gasteiger partial charge < -0.3 is 15.0 Å². The molecule has 0 fully saturated rings. The number of hydrogen-bond donors (Lipinski definition) is 1. The molecular formula is C32H36FN5O3S. The summed E-state index contributed by atoms with van der Waals surface area (Å²) < 4.78 is 21.6. The van der Waals surface area contributed by atoms with Crippen LogP contribution >= 0.6 is 11.8 Å². The first-order chi connectivity index (χ1) is 20.0. The number of nitrogens with zero attached hydrogens (tertiary/aromatic N) is 4. The Morgan fingerprint density at radius 2 is 1.67 bits per heavy atom. The first-order valence-electron chi connectivity index (χ1n) is 13.8. The lowest BCUT2D eigenvalue weighted by atomic mass is 10.1. The van der Waals surface area contributed by atoms with Crippen LogP contribution in [-0.4, -0.2) is 43.9 Å². The maximum atomic E-state index is 13.8. The maximum Gasteiger partial charge on any atom is 0.240 e. The molecular weight excluding hydrogens is 553 g/mol. The number of nitrogens with one attached hydrogen (secondary N) is 1. The van der Waals surface area contributed by atoms with E-state index in [0.29, 0.717) is 16.7 Å². The minimum absolute atomic E-state index is 0.172. The van der Waals surface area contributed by atoms with Gasteiger partial charge in [-0.1, -0.05) is 49.0 Å². The van der Waals surface area contributed by atoms with Gasteiger partial charge in [0.25, 0.3) is 0 Å². The van der Waals surface area contributed by atoms with Gasteiger partial charge in [-0.25, -0.2) is 4.39 Å². The number of ether oxygens (including phenoxy) is 1. The summed E-state index contributed by atoms with van der Waals surface area (Å²) in [5.41, 5.74) is 1.99. The van der Waals surface area contributed by atoms with Gasteiger partial charge in [0.1, 0.15) is 24.7 Å². The molecule has 0 aliphatic rings. The molecule has 0 saturated heterocycles. The third kappa shape index (κ3) is 8.19. The van der Waals surface area contributed by atoms with E-state index in [2.05, 4.69) is 22.4 Å². The molecule has 1 heterocycles. The van der Waals surface area contributed by atoms with Crippen molar-refractivity contribution in [3.63, 3.8) is 0 Å². The van der Waals surface area contributed by atoms with Gasteiger partial charge in [0.15, 0.2) is 11.0 Å². The van der Waals surface area contributed by atoms with E-state index in [0.717, 1.165) is 17.9 Å². The molecule has 8 nitrogen and oxygen atoms in total. The Kier molecular flexibility index (Phi) is 10.0. The second kappa shape index (κ2) is 13.7. The van der Waals surface area contributed by atoms with Crippen LogP contribution in [0.2, 0.25) is 0 Å². The molecule has 2 amide bonds. The molecule has 1 atom stereocenters. The second-order valence-corrected chi connectivity index (χ2v) is 12.1. The van der Waals surface area contributed by atoms with Gasteiger partial charge >= 0.3 is 0 Å². The summed E-state index contributed by atoms with van der Waals surface area (Å²) in [6.07, 6.45) is 0.944. The largest absolute Gasteiger partial charge is 0.486 e. The average Bonchev–Trinajstić information content (AvgIpc) is 3.36. The highest BCUT2D eigenvalue weighted by atomic mass is 32.2. The zero-order chi connectivity index (χ0) is 30.3. The standard InChI is InChI=1S/C32H36FN5O3S/c1-6-23-12-18-27(19-13-23)41-21-28-35-36-31(38(28)26-10-8-7-9-11-26)42-22(2)30(40)37(20-29(39)34-32(3,4)5)25-16-14-24(33)15-17-25/h7-19,22H,6,20-21H2,1-5H3,(H,34,39)/t22-/m0/s1. The van der Waals surface area contributed by atoms with E-state index in [1.807, 2.05) is 79.9 Å². The van der Waals surface area contributed by atoms with Crippen molar-refractivity contribution in [3.8, 4) is 11.4 Å². The molecule has 4 aromatic rings. The second-order valence-electron chi connectivity index (χ2n) is 10.8. The summed E-state index contributed by atoms with van der Waals surface area (Å²) in [5.74, 6) is 0.210. The SMILES string of the molecule is CCc1ccc(OCc2nnc(S[C@@H](C)C(=O)N(CC(=O)NC(C)(C)C)c3ccc(F)cc3)n2-c2ccccc2)cc1. The number of aromatic nitrogens is 3. The molecule has 1 aromatic heterocycles. The van der Waals surface area contributed by atoms with Gasteiger partial charge in [-0.05, 0) is 88.2 Å². The zero-order valence-corrected chi connectivity index (χ0v) is 25.3. The summed E-state index contributed by atoms with van der Waals surface area (Å²) in [5, 5.41) is 11.5.